The lowest BCUT2D eigenvalue weighted by Crippen LogP contribution is -2.22. The minimum atomic E-state index is -0.0231. The monoisotopic (exact) mass is 321 g/mol. The van der Waals surface area contributed by atoms with Crippen molar-refractivity contribution in [3.05, 3.63) is 23.8 Å². The summed E-state index contributed by atoms with van der Waals surface area (Å²) in [5, 5.41) is 0. The van der Waals surface area contributed by atoms with E-state index in [1.54, 1.807) is 7.11 Å². The Hall–Kier alpha value is -1.43. The lowest BCUT2D eigenvalue weighted by molar-refractivity contribution is 0.0179. The Morgan fingerprint density at radius 3 is 2.30 bits per heavy atom. The zero-order valence-corrected chi connectivity index (χ0v) is 14.6. The predicted molar refractivity (Wildman–Crippen MR) is 91.2 cm³/mol. The maximum atomic E-state index is 5.77. The summed E-state index contributed by atoms with van der Waals surface area (Å²) in [6, 6.07) is 6.07. The van der Waals surface area contributed by atoms with Gasteiger partial charge in [-0.1, -0.05) is 13.8 Å². The summed E-state index contributed by atoms with van der Waals surface area (Å²) < 4.78 is 21.5. The third-order valence-electron chi connectivity index (χ3n) is 4.13. The van der Waals surface area contributed by atoms with Crippen LogP contribution in [0.15, 0.2) is 23.2 Å². The molecule has 0 unspecified atom stereocenters. The van der Waals surface area contributed by atoms with Crippen LogP contribution in [0.5, 0.6) is 5.75 Å². The van der Waals surface area contributed by atoms with Crippen molar-refractivity contribution < 1.29 is 18.9 Å². The van der Waals surface area contributed by atoms with Crippen LogP contribution in [0.2, 0.25) is 0 Å². The third-order valence-corrected chi connectivity index (χ3v) is 4.13. The fourth-order valence-electron chi connectivity index (χ4n) is 2.40. The first-order chi connectivity index (χ1) is 11.1. The molecule has 23 heavy (non-hydrogen) atoms. The smallest absolute Gasteiger partial charge is 0.119 e. The number of ether oxygens (including phenoxy) is 4. The highest BCUT2D eigenvalue weighted by Crippen LogP contribution is 2.41. The Labute approximate surface area is 138 Å². The van der Waals surface area contributed by atoms with Crippen molar-refractivity contribution in [1.82, 2.24) is 0 Å². The van der Waals surface area contributed by atoms with E-state index in [-0.39, 0.29) is 5.41 Å². The van der Waals surface area contributed by atoms with Gasteiger partial charge in [0, 0.05) is 18.2 Å². The molecule has 0 aromatic heterocycles. The number of nitrogens with zero attached hydrogens (tertiary/aromatic N) is 1. The first-order valence-corrected chi connectivity index (χ1v) is 8.03. The van der Waals surface area contributed by atoms with Gasteiger partial charge in [0.1, 0.15) is 12.4 Å². The Morgan fingerprint density at radius 1 is 0.957 bits per heavy atom. The SMILES string of the molecule is COCCOCCOCCOc1ccc2c(c1)C(C)(C)C(C)=N2. The quantitative estimate of drug-likeness (QED) is 0.621. The first-order valence-electron chi connectivity index (χ1n) is 8.03. The van der Waals surface area contributed by atoms with E-state index in [1.165, 1.54) is 5.56 Å². The Kier molecular flexibility index (Phi) is 6.57. The van der Waals surface area contributed by atoms with E-state index in [9.17, 15) is 0 Å². The van der Waals surface area contributed by atoms with Gasteiger partial charge in [-0.2, -0.15) is 0 Å². The number of benzene rings is 1. The van der Waals surface area contributed by atoms with Gasteiger partial charge in [0.25, 0.3) is 0 Å². The summed E-state index contributed by atoms with van der Waals surface area (Å²) in [5.41, 5.74) is 3.39. The van der Waals surface area contributed by atoms with Crippen LogP contribution in [0, 0.1) is 0 Å². The summed E-state index contributed by atoms with van der Waals surface area (Å²) in [5.74, 6) is 0.863. The van der Waals surface area contributed by atoms with E-state index >= 15 is 0 Å². The molecular weight excluding hydrogens is 294 g/mol. The maximum absolute atomic E-state index is 5.77. The molecule has 5 heteroatoms. The molecule has 1 heterocycles. The van der Waals surface area contributed by atoms with Gasteiger partial charge in [0.15, 0.2) is 0 Å². The molecule has 0 saturated carbocycles. The van der Waals surface area contributed by atoms with E-state index in [0.717, 1.165) is 17.1 Å². The van der Waals surface area contributed by atoms with E-state index in [1.807, 2.05) is 12.1 Å². The molecule has 0 atom stereocenters. The van der Waals surface area contributed by atoms with Gasteiger partial charge in [0.05, 0.1) is 38.7 Å². The van der Waals surface area contributed by atoms with Crippen LogP contribution in [-0.2, 0) is 19.6 Å². The van der Waals surface area contributed by atoms with Crippen LogP contribution in [0.3, 0.4) is 0 Å². The largest absolute Gasteiger partial charge is 0.491 e. The fourth-order valence-corrected chi connectivity index (χ4v) is 2.40. The highest BCUT2D eigenvalue weighted by molar-refractivity contribution is 5.99. The molecule has 0 amide bonds. The summed E-state index contributed by atoms with van der Waals surface area (Å²) in [4.78, 5) is 4.61. The normalized spacial score (nSPS) is 15.4. The zero-order chi connectivity index (χ0) is 16.7. The molecule has 2 rings (SSSR count). The van der Waals surface area contributed by atoms with E-state index < -0.39 is 0 Å². The summed E-state index contributed by atoms with van der Waals surface area (Å²) >= 11 is 0. The second-order valence-corrected chi connectivity index (χ2v) is 6.07. The minimum Gasteiger partial charge on any atom is -0.491 e. The fraction of sp³-hybridized carbons (Fsp3) is 0.611. The molecule has 5 nitrogen and oxygen atoms in total. The number of fused-ring (bicyclic) bond motifs is 1. The number of hydrogen-bond acceptors (Lipinski definition) is 5. The molecule has 1 aromatic rings. The van der Waals surface area contributed by atoms with Crippen molar-refractivity contribution in [2.24, 2.45) is 4.99 Å². The van der Waals surface area contributed by atoms with Crippen molar-refractivity contribution in [1.29, 1.82) is 0 Å². The van der Waals surface area contributed by atoms with Gasteiger partial charge < -0.3 is 18.9 Å². The second-order valence-electron chi connectivity index (χ2n) is 6.07. The van der Waals surface area contributed by atoms with Crippen LogP contribution in [0.25, 0.3) is 0 Å². The van der Waals surface area contributed by atoms with Crippen molar-refractivity contribution >= 4 is 11.4 Å². The maximum Gasteiger partial charge on any atom is 0.119 e. The summed E-state index contributed by atoms with van der Waals surface area (Å²) in [6.07, 6.45) is 0. The van der Waals surface area contributed by atoms with Gasteiger partial charge in [-0.05, 0) is 30.7 Å². The molecule has 0 aliphatic carbocycles. The Morgan fingerprint density at radius 2 is 1.61 bits per heavy atom. The number of hydrogen-bond donors (Lipinski definition) is 0. The first kappa shape index (κ1) is 17.9. The highest BCUT2D eigenvalue weighted by atomic mass is 16.6. The standard InChI is InChI=1S/C18H27NO4/c1-14-18(2,3)16-13-15(5-6-17(16)19-14)23-12-11-22-10-9-21-8-7-20-4/h5-6,13H,7-12H2,1-4H3. The lowest BCUT2D eigenvalue weighted by atomic mass is 9.82. The van der Waals surface area contributed by atoms with E-state index in [0.29, 0.717) is 39.6 Å². The average Bonchev–Trinajstić information content (AvgIpc) is 2.76. The van der Waals surface area contributed by atoms with E-state index in [2.05, 4.69) is 31.8 Å². The van der Waals surface area contributed by atoms with Crippen LogP contribution < -0.4 is 4.74 Å². The van der Waals surface area contributed by atoms with Crippen LogP contribution >= 0.6 is 0 Å². The second kappa shape index (κ2) is 8.43. The Balaban J connectivity index is 1.68. The molecular formula is C18H27NO4. The minimum absolute atomic E-state index is 0.0231. The zero-order valence-electron chi connectivity index (χ0n) is 14.6. The highest BCUT2D eigenvalue weighted by Gasteiger charge is 2.32. The molecule has 0 bridgehead atoms. The topological polar surface area (TPSA) is 49.3 Å². The third kappa shape index (κ3) is 4.77. The van der Waals surface area contributed by atoms with Gasteiger partial charge in [-0.15, -0.1) is 0 Å². The van der Waals surface area contributed by atoms with Crippen molar-refractivity contribution in [3.8, 4) is 5.75 Å². The molecule has 0 fully saturated rings. The van der Waals surface area contributed by atoms with Gasteiger partial charge >= 0.3 is 0 Å². The summed E-state index contributed by atoms with van der Waals surface area (Å²) in [6.45, 7) is 9.88. The molecule has 128 valence electrons. The number of rotatable bonds is 10. The number of methoxy groups -OCH3 is 1. The van der Waals surface area contributed by atoms with Gasteiger partial charge in [0.2, 0.25) is 0 Å². The molecule has 1 aliphatic heterocycles. The molecule has 1 aromatic carbocycles. The molecule has 0 N–H and O–H groups in total. The number of aliphatic imine (C=N–C) groups is 1. The molecule has 0 spiro atoms. The van der Waals surface area contributed by atoms with Crippen molar-refractivity contribution in [2.45, 2.75) is 26.2 Å². The van der Waals surface area contributed by atoms with Crippen LogP contribution in [0.4, 0.5) is 5.69 Å². The van der Waals surface area contributed by atoms with Crippen molar-refractivity contribution in [3.63, 3.8) is 0 Å². The van der Waals surface area contributed by atoms with Gasteiger partial charge in [-0.3, -0.25) is 4.99 Å². The van der Waals surface area contributed by atoms with Crippen LogP contribution in [0.1, 0.15) is 26.3 Å². The average molecular weight is 321 g/mol. The van der Waals surface area contributed by atoms with E-state index in [4.69, 9.17) is 18.9 Å². The molecule has 0 saturated heterocycles. The Bertz CT molecular complexity index is 540. The molecule has 1 aliphatic rings. The predicted octanol–water partition coefficient (Wildman–Crippen LogP) is 3.13. The summed E-state index contributed by atoms with van der Waals surface area (Å²) in [7, 11) is 1.66. The van der Waals surface area contributed by atoms with Crippen molar-refractivity contribution in [2.75, 3.05) is 46.8 Å². The molecule has 0 radical (unpaired) electrons. The van der Waals surface area contributed by atoms with Gasteiger partial charge in [-0.25, -0.2) is 0 Å². The lowest BCUT2D eigenvalue weighted by Gasteiger charge is -2.20. The van der Waals surface area contributed by atoms with Crippen LogP contribution in [-0.4, -0.2) is 52.5 Å².